The summed E-state index contributed by atoms with van der Waals surface area (Å²) in [5.74, 6) is -1.19. The van der Waals surface area contributed by atoms with Crippen molar-refractivity contribution in [3.63, 3.8) is 0 Å². The molecule has 1 aliphatic heterocycles. The number of hydrogen-bond donors (Lipinski definition) is 2. The van der Waals surface area contributed by atoms with E-state index in [1.165, 1.54) is 12.7 Å². The summed E-state index contributed by atoms with van der Waals surface area (Å²) in [6.45, 7) is 7.94. The van der Waals surface area contributed by atoms with Crippen LogP contribution in [0.3, 0.4) is 0 Å². The summed E-state index contributed by atoms with van der Waals surface area (Å²) in [7, 11) is 0.860. The van der Waals surface area contributed by atoms with Crippen LogP contribution in [0.5, 0.6) is 0 Å². The number of halogens is 1. The van der Waals surface area contributed by atoms with Crippen molar-refractivity contribution >= 4 is 30.5 Å². The predicted molar refractivity (Wildman–Crippen MR) is 142 cm³/mol. The van der Waals surface area contributed by atoms with Gasteiger partial charge in [0.1, 0.15) is 6.04 Å². The Morgan fingerprint density at radius 2 is 1.67 bits per heavy atom. The summed E-state index contributed by atoms with van der Waals surface area (Å²) in [5, 5.41) is 6.26. The normalized spacial score (nSPS) is 17.9. The van der Waals surface area contributed by atoms with Crippen molar-refractivity contribution in [1.82, 2.24) is 10.6 Å². The van der Waals surface area contributed by atoms with Crippen LogP contribution in [-0.4, -0.2) is 55.8 Å². The molecule has 36 heavy (non-hydrogen) atoms. The van der Waals surface area contributed by atoms with Crippen molar-refractivity contribution in [2.45, 2.75) is 70.1 Å². The van der Waals surface area contributed by atoms with Gasteiger partial charge in [0.15, 0.2) is 0 Å². The number of carbonyl (C=O) groups excluding carboxylic acids is 2. The van der Waals surface area contributed by atoms with E-state index in [-0.39, 0.29) is 12.5 Å². The van der Waals surface area contributed by atoms with Crippen LogP contribution in [0.2, 0.25) is 5.02 Å². The molecule has 0 unspecified atom stereocenters. The highest BCUT2D eigenvalue weighted by Gasteiger charge is 2.54. The first-order valence-electron chi connectivity index (χ1n) is 12.3. The molecule has 0 aliphatic carbocycles. The minimum atomic E-state index is -0.902. The van der Waals surface area contributed by atoms with Crippen LogP contribution in [-0.2, 0) is 25.3 Å². The number of benzene rings is 2. The molecule has 2 aromatic rings. The van der Waals surface area contributed by atoms with Gasteiger partial charge in [0, 0.05) is 17.7 Å². The van der Waals surface area contributed by atoms with Crippen molar-refractivity contribution in [2.24, 2.45) is 0 Å². The van der Waals surface area contributed by atoms with Gasteiger partial charge in [-0.3, -0.25) is 9.59 Å². The zero-order valence-electron chi connectivity index (χ0n) is 21.7. The summed E-state index contributed by atoms with van der Waals surface area (Å²) in [6, 6.07) is 15.8. The molecule has 194 valence electrons. The number of hydrogen-bond acceptors (Lipinski definition) is 5. The zero-order chi connectivity index (χ0) is 26.3. The van der Waals surface area contributed by atoms with Gasteiger partial charge in [0.2, 0.25) is 5.91 Å². The molecule has 0 bridgehead atoms. The number of aryl methyl sites for hydroxylation is 1. The second-order valence-electron chi connectivity index (χ2n) is 10.1. The Balaban J connectivity index is 1.72. The fourth-order valence-corrected chi connectivity index (χ4v) is 4.19. The molecule has 7 nitrogen and oxygen atoms in total. The van der Waals surface area contributed by atoms with E-state index in [1.807, 2.05) is 45.9 Å². The monoisotopic (exact) mass is 514 g/mol. The van der Waals surface area contributed by atoms with Crippen LogP contribution in [0.4, 0.5) is 0 Å². The Labute approximate surface area is 219 Å². The maximum absolute atomic E-state index is 13.3. The quantitative estimate of drug-likeness (QED) is 0.439. The van der Waals surface area contributed by atoms with Gasteiger partial charge in [-0.2, -0.15) is 0 Å². The molecule has 2 amide bonds. The van der Waals surface area contributed by atoms with Gasteiger partial charge in [-0.1, -0.05) is 48.0 Å². The lowest BCUT2D eigenvalue weighted by Crippen LogP contribution is -2.56. The molecular weight excluding hydrogens is 479 g/mol. The molecule has 2 atom stereocenters. The predicted octanol–water partition coefficient (Wildman–Crippen LogP) is 4.22. The molecule has 1 heterocycles. The third kappa shape index (κ3) is 7.32. The number of rotatable bonds is 11. The van der Waals surface area contributed by atoms with E-state index >= 15 is 0 Å². The first-order valence-corrected chi connectivity index (χ1v) is 12.7. The Kier molecular flexibility index (Phi) is 9.58. The molecule has 2 aromatic carbocycles. The van der Waals surface area contributed by atoms with Crippen LogP contribution in [0.1, 0.15) is 56.5 Å². The highest BCUT2D eigenvalue weighted by atomic mass is 35.5. The Bertz CT molecular complexity index is 1020. The van der Waals surface area contributed by atoms with E-state index in [1.54, 1.807) is 24.3 Å². The highest BCUT2D eigenvalue weighted by molar-refractivity contribution is 6.48. The zero-order valence-corrected chi connectivity index (χ0v) is 22.4. The Morgan fingerprint density at radius 3 is 2.28 bits per heavy atom. The van der Waals surface area contributed by atoms with Gasteiger partial charge in [-0.15, -0.1) is 0 Å². The number of methoxy groups -OCH3 is 1. The fourth-order valence-electron chi connectivity index (χ4n) is 4.00. The van der Waals surface area contributed by atoms with E-state index in [9.17, 15) is 9.59 Å². The lowest BCUT2D eigenvalue weighted by atomic mass is 9.75. The first kappa shape index (κ1) is 28.2. The summed E-state index contributed by atoms with van der Waals surface area (Å²) >= 11 is 6.02. The van der Waals surface area contributed by atoms with Crippen molar-refractivity contribution in [3.8, 4) is 0 Å². The third-order valence-corrected chi connectivity index (χ3v) is 7.03. The highest BCUT2D eigenvalue weighted by Crippen LogP contribution is 2.38. The maximum Gasteiger partial charge on any atom is 0.481 e. The largest absolute Gasteiger partial charge is 0.481 e. The van der Waals surface area contributed by atoms with Crippen molar-refractivity contribution in [1.29, 1.82) is 0 Å². The van der Waals surface area contributed by atoms with Crippen LogP contribution < -0.4 is 10.6 Å². The molecule has 0 spiro atoms. The molecule has 2 N–H and O–H groups in total. The van der Waals surface area contributed by atoms with Crippen molar-refractivity contribution < 1.29 is 23.6 Å². The molecule has 1 saturated heterocycles. The second-order valence-corrected chi connectivity index (χ2v) is 10.5. The minimum absolute atomic E-state index is 0.0121. The van der Waals surface area contributed by atoms with E-state index in [0.717, 1.165) is 12.8 Å². The maximum atomic E-state index is 13.3. The molecule has 0 aromatic heterocycles. The van der Waals surface area contributed by atoms with Gasteiger partial charge in [0.05, 0.1) is 23.8 Å². The minimum Gasteiger partial charge on any atom is -0.402 e. The van der Waals surface area contributed by atoms with Gasteiger partial charge in [-0.05, 0) is 70.7 Å². The van der Waals surface area contributed by atoms with E-state index in [0.29, 0.717) is 17.0 Å². The fraction of sp³-hybridized carbons (Fsp3) is 0.481. The SMILES string of the molecule is COC[C@@H](NC(=O)c1cccc(Cl)c1)C(=O)N[C@@H](CCCc1ccccc1)B1OC(C)(C)C(C)(C)O1. The van der Waals surface area contributed by atoms with Crippen LogP contribution >= 0.6 is 11.6 Å². The molecule has 0 saturated carbocycles. The molecule has 3 rings (SSSR count). The van der Waals surface area contributed by atoms with E-state index < -0.39 is 36.2 Å². The van der Waals surface area contributed by atoms with Crippen molar-refractivity contribution in [2.75, 3.05) is 13.7 Å². The van der Waals surface area contributed by atoms with E-state index in [4.69, 9.17) is 25.6 Å². The molecule has 9 heteroatoms. The van der Waals surface area contributed by atoms with Gasteiger partial charge < -0.3 is 24.7 Å². The lowest BCUT2D eigenvalue weighted by Gasteiger charge is -2.32. The second kappa shape index (κ2) is 12.2. The van der Waals surface area contributed by atoms with Crippen LogP contribution in [0.25, 0.3) is 0 Å². The topological polar surface area (TPSA) is 85.9 Å². The van der Waals surface area contributed by atoms with Gasteiger partial charge in [-0.25, -0.2) is 0 Å². The third-order valence-electron chi connectivity index (χ3n) is 6.79. The smallest absolute Gasteiger partial charge is 0.402 e. The number of carbonyl (C=O) groups is 2. The summed E-state index contributed by atoms with van der Waals surface area (Å²) in [5.41, 5.74) is 0.517. The Morgan fingerprint density at radius 1 is 1.00 bits per heavy atom. The number of ether oxygens (including phenoxy) is 1. The summed E-state index contributed by atoms with van der Waals surface area (Å²) < 4.78 is 17.8. The standard InChI is InChI=1S/C27H36BClN2O5/c1-26(2)27(3,4)36-28(35-26)23(16-9-13-19-11-7-6-8-12-19)31-25(33)22(18-34-5)30-24(32)20-14-10-15-21(29)17-20/h6-8,10-12,14-15,17,22-23H,9,13,16,18H2,1-5H3,(H,30,32)(H,31,33)/t22-,23+/m1/s1. The van der Waals surface area contributed by atoms with E-state index in [2.05, 4.69) is 22.8 Å². The summed E-state index contributed by atoms with van der Waals surface area (Å²) in [6.07, 6.45) is 2.32. The molecule has 1 aliphatic rings. The number of nitrogens with one attached hydrogen (secondary N) is 2. The Hall–Kier alpha value is -2.39. The average Bonchev–Trinajstić information content (AvgIpc) is 3.05. The molecular formula is C27H36BClN2O5. The van der Waals surface area contributed by atoms with Gasteiger partial charge >= 0.3 is 7.12 Å². The number of amides is 2. The average molecular weight is 515 g/mol. The van der Waals surface area contributed by atoms with Gasteiger partial charge in [0.25, 0.3) is 5.91 Å². The molecule has 1 fully saturated rings. The first-order chi connectivity index (χ1) is 17.0. The van der Waals surface area contributed by atoms with Crippen molar-refractivity contribution in [3.05, 3.63) is 70.7 Å². The van der Waals surface area contributed by atoms with Crippen LogP contribution in [0, 0.1) is 0 Å². The summed E-state index contributed by atoms with van der Waals surface area (Å²) in [4.78, 5) is 26.1. The lowest BCUT2D eigenvalue weighted by molar-refractivity contribution is -0.124. The van der Waals surface area contributed by atoms with Crippen LogP contribution in [0.15, 0.2) is 54.6 Å². The molecule has 0 radical (unpaired) electrons.